The van der Waals surface area contributed by atoms with Crippen LogP contribution in [0.3, 0.4) is 0 Å². The number of benzene rings is 1. The van der Waals surface area contributed by atoms with Gasteiger partial charge in [0.25, 0.3) is 0 Å². The standard InChI is InChI=1S/C13H14N2OS/c1-9-8-15(7-6-11(9)16)13-14-10-4-2-3-5-12(10)17-13/h2-5,9H,6-8H2,1H3. The molecule has 0 spiro atoms. The topological polar surface area (TPSA) is 33.2 Å². The summed E-state index contributed by atoms with van der Waals surface area (Å²) in [4.78, 5) is 18.4. The molecule has 1 saturated heterocycles. The predicted octanol–water partition coefficient (Wildman–Crippen LogP) is 2.71. The maximum atomic E-state index is 11.5. The highest BCUT2D eigenvalue weighted by atomic mass is 32.1. The van der Waals surface area contributed by atoms with Crippen LogP contribution >= 0.6 is 11.3 Å². The smallest absolute Gasteiger partial charge is 0.186 e. The van der Waals surface area contributed by atoms with Crippen LogP contribution in [0, 0.1) is 5.92 Å². The molecule has 1 aromatic carbocycles. The Hall–Kier alpha value is -1.42. The normalized spacial score (nSPS) is 21.1. The van der Waals surface area contributed by atoms with Crippen LogP contribution in [0.4, 0.5) is 5.13 Å². The third-order valence-electron chi connectivity index (χ3n) is 3.23. The van der Waals surface area contributed by atoms with E-state index in [0.29, 0.717) is 12.2 Å². The Kier molecular flexibility index (Phi) is 2.59. The Labute approximate surface area is 104 Å². The van der Waals surface area contributed by atoms with E-state index in [1.165, 1.54) is 4.70 Å². The number of carbonyl (C=O) groups excluding carboxylic acids is 1. The van der Waals surface area contributed by atoms with Crippen LogP contribution in [0.15, 0.2) is 24.3 Å². The zero-order chi connectivity index (χ0) is 11.8. The van der Waals surface area contributed by atoms with Gasteiger partial charge in [0.1, 0.15) is 5.78 Å². The van der Waals surface area contributed by atoms with Crippen LogP contribution in [0.1, 0.15) is 13.3 Å². The maximum absolute atomic E-state index is 11.5. The van der Waals surface area contributed by atoms with E-state index < -0.39 is 0 Å². The Morgan fingerprint density at radius 1 is 1.41 bits per heavy atom. The van der Waals surface area contributed by atoms with Crippen molar-refractivity contribution in [3.8, 4) is 0 Å². The molecule has 0 radical (unpaired) electrons. The van der Waals surface area contributed by atoms with Gasteiger partial charge >= 0.3 is 0 Å². The van der Waals surface area contributed by atoms with Crippen molar-refractivity contribution in [2.45, 2.75) is 13.3 Å². The van der Waals surface area contributed by atoms with Gasteiger partial charge in [0.2, 0.25) is 0 Å². The highest BCUT2D eigenvalue weighted by Gasteiger charge is 2.25. The van der Waals surface area contributed by atoms with E-state index in [2.05, 4.69) is 16.0 Å². The molecule has 3 rings (SSSR count). The second-order valence-electron chi connectivity index (χ2n) is 4.53. The van der Waals surface area contributed by atoms with Gasteiger partial charge in [-0.3, -0.25) is 4.79 Å². The van der Waals surface area contributed by atoms with Crippen molar-refractivity contribution in [2.75, 3.05) is 18.0 Å². The van der Waals surface area contributed by atoms with Crippen molar-refractivity contribution in [1.29, 1.82) is 0 Å². The van der Waals surface area contributed by atoms with Crippen LogP contribution in [-0.4, -0.2) is 23.9 Å². The second-order valence-corrected chi connectivity index (χ2v) is 5.54. The van der Waals surface area contributed by atoms with Crippen molar-refractivity contribution in [1.82, 2.24) is 4.98 Å². The third kappa shape index (κ3) is 1.93. The average molecular weight is 246 g/mol. The van der Waals surface area contributed by atoms with E-state index in [1.54, 1.807) is 11.3 Å². The second kappa shape index (κ2) is 4.11. The molecule has 17 heavy (non-hydrogen) atoms. The van der Waals surface area contributed by atoms with Crippen molar-refractivity contribution < 1.29 is 4.79 Å². The predicted molar refractivity (Wildman–Crippen MR) is 70.6 cm³/mol. The summed E-state index contributed by atoms with van der Waals surface area (Å²) in [5.74, 6) is 0.512. The van der Waals surface area contributed by atoms with Gasteiger partial charge in [0.15, 0.2) is 5.13 Å². The maximum Gasteiger partial charge on any atom is 0.186 e. The van der Waals surface area contributed by atoms with Crippen LogP contribution in [0.2, 0.25) is 0 Å². The van der Waals surface area contributed by atoms with E-state index in [1.807, 2.05) is 25.1 Å². The lowest BCUT2D eigenvalue weighted by atomic mass is 9.99. The fraction of sp³-hybridized carbons (Fsp3) is 0.385. The van der Waals surface area contributed by atoms with Crippen molar-refractivity contribution >= 4 is 32.5 Å². The molecule has 88 valence electrons. The molecule has 1 aliphatic rings. The summed E-state index contributed by atoms with van der Waals surface area (Å²) in [5, 5.41) is 1.05. The number of para-hydroxylation sites is 1. The van der Waals surface area contributed by atoms with E-state index >= 15 is 0 Å². The van der Waals surface area contributed by atoms with Crippen LogP contribution < -0.4 is 4.90 Å². The Balaban J connectivity index is 1.91. The first-order chi connectivity index (χ1) is 8.24. The van der Waals surface area contributed by atoms with Gasteiger partial charge in [-0.1, -0.05) is 30.4 Å². The molecular formula is C13H14N2OS. The average Bonchev–Trinajstić information content (AvgIpc) is 2.76. The number of hydrogen-bond donors (Lipinski definition) is 0. The minimum atomic E-state index is 0.135. The molecule has 2 aromatic rings. The molecule has 1 unspecified atom stereocenters. The molecule has 1 aromatic heterocycles. The third-order valence-corrected chi connectivity index (χ3v) is 4.32. The lowest BCUT2D eigenvalue weighted by Gasteiger charge is -2.29. The number of fused-ring (bicyclic) bond motifs is 1. The van der Waals surface area contributed by atoms with E-state index in [4.69, 9.17) is 0 Å². The molecule has 1 atom stereocenters. The minimum Gasteiger partial charge on any atom is -0.347 e. The summed E-state index contributed by atoms with van der Waals surface area (Å²) in [6.45, 7) is 3.61. The highest BCUT2D eigenvalue weighted by Crippen LogP contribution is 2.30. The number of nitrogens with zero attached hydrogens (tertiary/aromatic N) is 2. The molecule has 1 aliphatic heterocycles. The zero-order valence-electron chi connectivity index (χ0n) is 9.72. The highest BCUT2D eigenvalue weighted by molar-refractivity contribution is 7.22. The zero-order valence-corrected chi connectivity index (χ0v) is 10.5. The first-order valence-electron chi connectivity index (χ1n) is 5.87. The molecule has 4 heteroatoms. The molecule has 0 N–H and O–H groups in total. The number of hydrogen-bond acceptors (Lipinski definition) is 4. The number of ketones is 1. The largest absolute Gasteiger partial charge is 0.347 e. The van der Waals surface area contributed by atoms with Gasteiger partial charge < -0.3 is 4.90 Å². The van der Waals surface area contributed by atoms with Gasteiger partial charge in [-0.25, -0.2) is 4.98 Å². The number of aromatic nitrogens is 1. The van der Waals surface area contributed by atoms with Gasteiger partial charge in [-0.2, -0.15) is 0 Å². The summed E-state index contributed by atoms with van der Waals surface area (Å²) in [5.41, 5.74) is 1.05. The number of piperidine rings is 1. The molecule has 0 amide bonds. The number of anilines is 1. The lowest BCUT2D eigenvalue weighted by Crippen LogP contribution is -2.39. The van der Waals surface area contributed by atoms with Gasteiger partial charge in [0, 0.05) is 25.4 Å². The summed E-state index contributed by atoms with van der Waals surface area (Å²) in [6.07, 6.45) is 0.650. The fourth-order valence-corrected chi connectivity index (χ4v) is 3.18. The number of Topliss-reactive ketones (excluding diaryl/α,β-unsaturated/α-hetero) is 1. The lowest BCUT2D eigenvalue weighted by molar-refractivity contribution is -0.122. The number of carbonyl (C=O) groups is 1. The van der Waals surface area contributed by atoms with Crippen molar-refractivity contribution in [3.63, 3.8) is 0 Å². The summed E-state index contributed by atoms with van der Waals surface area (Å²) < 4.78 is 1.21. The van der Waals surface area contributed by atoms with Crippen molar-refractivity contribution in [2.24, 2.45) is 5.92 Å². The van der Waals surface area contributed by atoms with Gasteiger partial charge in [0.05, 0.1) is 10.2 Å². The van der Waals surface area contributed by atoms with Crippen LogP contribution in [0.5, 0.6) is 0 Å². The Bertz CT molecular complexity index is 530. The summed E-state index contributed by atoms with van der Waals surface area (Å²) >= 11 is 1.71. The first-order valence-corrected chi connectivity index (χ1v) is 6.69. The molecule has 0 bridgehead atoms. The monoisotopic (exact) mass is 246 g/mol. The minimum absolute atomic E-state index is 0.135. The summed E-state index contributed by atoms with van der Waals surface area (Å²) in [6, 6.07) is 8.17. The molecule has 0 saturated carbocycles. The molecule has 0 aliphatic carbocycles. The molecular weight excluding hydrogens is 232 g/mol. The fourth-order valence-electron chi connectivity index (χ4n) is 2.18. The Morgan fingerprint density at radius 3 is 3.00 bits per heavy atom. The molecule has 1 fully saturated rings. The Morgan fingerprint density at radius 2 is 2.24 bits per heavy atom. The number of thiazole rings is 1. The summed E-state index contributed by atoms with van der Waals surface area (Å²) in [7, 11) is 0. The van der Waals surface area contributed by atoms with Crippen molar-refractivity contribution in [3.05, 3.63) is 24.3 Å². The van der Waals surface area contributed by atoms with Gasteiger partial charge in [-0.05, 0) is 12.1 Å². The number of rotatable bonds is 1. The first kappa shape index (κ1) is 10.7. The van der Waals surface area contributed by atoms with E-state index in [0.717, 1.165) is 23.7 Å². The van der Waals surface area contributed by atoms with Gasteiger partial charge in [-0.15, -0.1) is 0 Å². The molecule has 2 heterocycles. The van der Waals surface area contributed by atoms with E-state index in [-0.39, 0.29) is 5.92 Å². The van der Waals surface area contributed by atoms with Crippen LogP contribution in [0.25, 0.3) is 10.2 Å². The van der Waals surface area contributed by atoms with E-state index in [9.17, 15) is 4.79 Å². The van der Waals surface area contributed by atoms with Crippen LogP contribution in [-0.2, 0) is 4.79 Å². The molecule has 3 nitrogen and oxygen atoms in total. The quantitative estimate of drug-likeness (QED) is 0.775. The SMILES string of the molecule is CC1CN(c2nc3ccccc3s2)CCC1=O.